The zero-order valence-corrected chi connectivity index (χ0v) is 25.7. The van der Waals surface area contributed by atoms with E-state index in [-0.39, 0.29) is 29.5 Å². The number of amides is 3. The van der Waals surface area contributed by atoms with Gasteiger partial charge in [-0.15, -0.1) is 16.9 Å². The molecular weight excluding hydrogens is 594 g/mol. The molecule has 1 aromatic carbocycles. The number of carbonyl (C=O) groups excluding carboxylic acids is 3. The van der Waals surface area contributed by atoms with Crippen LogP contribution in [0.25, 0.3) is 0 Å². The second-order valence-electron chi connectivity index (χ2n) is 10.3. The lowest BCUT2D eigenvalue weighted by Gasteiger charge is -2.49. The van der Waals surface area contributed by atoms with Gasteiger partial charge in [-0.25, -0.2) is 9.78 Å². The summed E-state index contributed by atoms with van der Waals surface area (Å²) in [7, 11) is 0. The molecule has 232 valence electrons. The molecule has 1 aromatic heterocycles. The first-order chi connectivity index (χ1) is 20.6. The van der Waals surface area contributed by atoms with Gasteiger partial charge in [0.1, 0.15) is 34.7 Å². The van der Waals surface area contributed by atoms with Crippen molar-refractivity contribution >= 4 is 47.2 Å². The number of unbranched alkanes of at least 4 members (excludes halogenated alkanes) is 2. The number of phenolic OH excluding ortho intramolecular Hbond substituents is 1. The molecule has 43 heavy (non-hydrogen) atoms. The predicted molar refractivity (Wildman–Crippen MR) is 162 cm³/mol. The highest BCUT2D eigenvalue weighted by molar-refractivity contribution is 8.01. The minimum atomic E-state index is -1.24. The monoisotopic (exact) mass is 631 g/mol. The number of hydrogen-bond acceptors (Lipinski definition) is 10. The number of benzene rings is 1. The number of nitrogens with two attached hydrogens (primary N) is 1. The molecule has 0 radical (unpaired) electrons. The van der Waals surface area contributed by atoms with Crippen molar-refractivity contribution in [2.45, 2.75) is 68.6 Å². The number of rotatable bonds is 15. The molecule has 3 heterocycles. The highest BCUT2D eigenvalue weighted by atomic mass is 32.2. The van der Waals surface area contributed by atoms with Gasteiger partial charge in [-0.05, 0) is 36.1 Å². The van der Waals surface area contributed by atoms with Crippen molar-refractivity contribution in [1.82, 2.24) is 30.3 Å². The SMILES string of the molecule is CCCCN(CCCC)C(=O)Cc1nc(SCC2=C(C(=O)O)N3C(=O)C(NC(=O)C(N)c4ccc(O)cc4)[C@@H]3SC2)n[nH]1. The molecule has 4 rings (SSSR count). The van der Waals surface area contributed by atoms with E-state index in [2.05, 4.69) is 34.3 Å². The topological polar surface area (TPSA) is 195 Å². The zero-order valence-electron chi connectivity index (χ0n) is 24.1. The van der Waals surface area contributed by atoms with E-state index in [9.17, 15) is 29.4 Å². The molecule has 2 aromatic rings. The van der Waals surface area contributed by atoms with Crippen molar-refractivity contribution in [3.63, 3.8) is 0 Å². The van der Waals surface area contributed by atoms with Crippen LogP contribution in [0.3, 0.4) is 0 Å². The Balaban J connectivity index is 1.36. The third kappa shape index (κ3) is 7.70. The summed E-state index contributed by atoms with van der Waals surface area (Å²) in [5.41, 5.74) is 6.92. The maximum atomic E-state index is 13.0. The molecule has 1 fully saturated rings. The van der Waals surface area contributed by atoms with Crippen LogP contribution in [0.15, 0.2) is 40.7 Å². The molecule has 1 saturated heterocycles. The van der Waals surface area contributed by atoms with E-state index in [1.165, 1.54) is 52.7 Å². The molecular formula is C28H37N7O6S2. The summed E-state index contributed by atoms with van der Waals surface area (Å²) in [6, 6.07) is 3.89. The molecule has 13 nitrogen and oxygen atoms in total. The lowest BCUT2D eigenvalue weighted by molar-refractivity contribution is -0.150. The summed E-state index contributed by atoms with van der Waals surface area (Å²) in [6.45, 7) is 5.59. The van der Waals surface area contributed by atoms with Crippen molar-refractivity contribution in [1.29, 1.82) is 0 Å². The zero-order chi connectivity index (χ0) is 31.1. The fraction of sp³-hybridized carbons (Fsp3) is 0.500. The number of phenols is 1. The maximum absolute atomic E-state index is 13.0. The van der Waals surface area contributed by atoms with Gasteiger partial charge in [0.2, 0.25) is 17.0 Å². The van der Waals surface area contributed by atoms with E-state index in [0.29, 0.717) is 41.0 Å². The van der Waals surface area contributed by atoms with Gasteiger partial charge in [-0.3, -0.25) is 24.4 Å². The predicted octanol–water partition coefficient (Wildman–Crippen LogP) is 2.01. The largest absolute Gasteiger partial charge is 0.508 e. The van der Waals surface area contributed by atoms with Gasteiger partial charge >= 0.3 is 5.97 Å². The molecule has 0 aliphatic carbocycles. The number of fused-ring (bicyclic) bond motifs is 1. The van der Waals surface area contributed by atoms with Crippen LogP contribution < -0.4 is 11.1 Å². The third-order valence-electron chi connectivity index (χ3n) is 7.20. The second kappa shape index (κ2) is 14.8. The van der Waals surface area contributed by atoms with Crippen LogP contribution in [0.5, 0.6) is 5.75 Å². The molecule has 2 unspecified atom stereocenters. The molecule has 6 N–H and O–H groups in total. The van der Waals surface area contributed by atoms with E-state index >= 15 is 0 Å². The van der Waals surface area contributed by atoms with Crippen LogP contribution in [0.4, 0.5) is 0 Å². The Bertz CT molecular complexity index is 1360. The van der Waals surface area contributed by atoms with E-state index in [1.54, 1.807) is 0 Å². The Morgan fingerprint density at radius 1 is 1.21 bits per heavy atom. The van der Waals surface area contributed by atoms with E-state index < -0.39 is 35.2 Å². The number of carboxylic acid groups (broad SMARTS) is 1. The van der Waals surface area contributed by atoms with Gasteiger partial charge in [-0.2, -0.15) is 0 Å². The molecule has 2 aliphatic rings. The standard InChI is InChI=1S/C28H37N7O6S2/c1-3-5-11-34(12-6-4-2)20(37)13-19-30-28(33-32-19)43-15-17-14-42-26-22(25(39)35(26)23(17)27(40)41)31-24(38)21(29)16-7-9-18(36)10-8-16/h7-10,21-22,26,36H,3-6,11-15,29H2,1-2H3,(H,31,38)(H,40,41)(H,30,32,33)/t21?,22?,26-/m0/s1. The molecule has 0 bridgehead atoms. The average molecular weight is 632 g/mol. The summed E-state index contributed by atoms with van der Waals surface area (Å²) >= 11 is 2.57. The van der Waals surface area contributed by atoms with Crippen LogP contribution in [0, 0.1) is 0 Å². The number of aliphatic carboxylic acids is 1. The van der Waals surface area contributed by atoms with E-state index in [4.69, 9.17) is 5.73 Å². The normalized spacial score (nSPS) is 18.6. The molecule has 2 aliphatic heterocycles. The van der Waals surface area contributed by atoms with Gasteiger partial charge in [0.05, 0.1) is 6.42 Å². The van der Waals surface area contributed by atoms with Crippen molar-refractivity contribution in [2.75, 3.05) is 24.6 Å². The maximum Gasteiger partial charge on any atom is 0.352 e. The van der Waals surface area contributed by atoms with Gasteiger partial charge in [0.25, 0.3) is 5.91 Å². The minimum absolute atomic E-state index is 0.0119. The molecule has 0 saturated carbocycles. The van der Waals surface area contributed by atoms with Gasteiger partial charge in [0.15, 0.2) is 0 Å². The van der Waals surface area contributed by atoms with E-state index in [1.807, 2.05) is 4.90 Å². The summed E-state index contributed by atoms with van der Waals surface area (Å²) in [6.07, 6.45) is 3.98. The molecule has 0 spiro atoms. The summed E-state index contributed by atoms with van der Waals surface area (Å²) in [4.78, 5) is 58.3. The summed E-state index contributed by atoms with van der Waals surface area (Å²) in [5.74, 6) is -1.31. The Hall–Kier alpha value is -3.56. The number of carboxylic acids is 1. The first-order valence-electron chi connectivity index (χ1n) is 14.2. The van der Waals surface area contributed by atoms with Crippen LogP contribution in [0.1, 0.15) is 57.0 Å². The van der Waals surface area contributed by atoms with Crippen LogP contribution in [-0.2, 0) is 25.6 Å². The third-order valence-corrected chi connectivity index (χ3v) is 9.48. The quantitative estimate of drug-likeness (QED) is 0.143. The van der Waals surface area contributed by atoms with Crippen LogP contribution >= 0.6 is 23.5 Å². The molecule has 3 atom stereocenters. The fourth-order valence-electron chi connectivity index (χ4n) is 4.76. The number of nitrogens with one attached hydrogen (secondary N) is 2. The van der Waals surface area contributed by atoms with Gasteiger partial charge < -0.3 is 26.2 Å². The number of aromatic nitrogens is 3. The van der Waals surface area contributed by atoms with Gasteiger partial charge in [-0.1, -0.05) is 50.6 Å². The number of carbonyl (C=O) groups is 4. The highest BCUT2D eigenvalue weighted by Crippen LogP contribution is 2.41. The summed E-state index contributed by atoms with van der Waals surface area (Å²) < 4.78 is 0. The first kappa shape index (κ1) is 32.4. The lowest BCUT2D eigenvalue weighted by Crippen LogP contribution is -2.71. The number of hydrogen-bond donors (Lipinski definition) is 5. The molecule has 15 heteroatoms. The summed E-state index contributed by atoms with van der Waals surface area (Å²) in [5, 5.41) is 28.9. The minimum Gasteiger partial charge on any atom is -0.508 e. The van der Waals surface area contributed by atoms with Crippen LogP contribution in [0.2, 0.25) is 0 Å². The number of thioether (sulfide) groups is 2. The van der Waals surface area contributed by atoms with Crippen molar-refractivity contribution in [3.05, 3.63) is 46.9 Å². The number of H-pyrrole nitrogens is 1. The number of β-lactam (4-membered cyclic amide) rings is 1. The Labute approximate surface area is 258 Å². The van der Waals surface area contributed by atoms with Gasteiger partial charge in [0, 0.05) is 24.6 Å². The van der Waals surface area contributed by atoms with E-state index in [0.717, 1.165) is 25.7 Å². The Morgan fingerprint density at radius 3 is 2.51 bits per heavy atom. The number of aromatic hydroxyl groups is 1. The van der Waals surface area contributed by atoms with Crippen molar-refractivity contribution in [3.8, 4) is 5.75 Å². The smallest absolute Gasteiger partial charge is 0.352 e. The Kier molecular flexibility index (Phi) is 11.1. The highest BCUT2D eigenvalue weighted by Gasteiger charge is 2.54. The Morgan fingerprint density at radius 2 is 1.88 bits per heavy atom. The second-order valence-corrected chi connectivity index (χ2v) is 12.4. The average Bonchev–Trinajstić information content (AvgIpc) is 3.44. The van der Waals surface area contributed by atoms with Crippen molar-refractivity contribution in [2.24, 2.45) is 5.73 Å². The lowest BCUT2D eigenvalue weighted by atomic mass is 10.0. The molecule has 3 amide bonds. The number of aromatic amines is 1. The fourth-order valence-corrected chi connectivity index (χ4v) is 7.06. The van der Waals surface area contributed by atoms with Crippen LogP contribution in [-0.4, -0.2) is 94.9 Å². The van der Waals surface area contributed by atoms with Crippen molar-refractivity contribution < 1.29 is 29.4 Å². The first-order valence-corrected chi connectivity index (χ1v) is 16.2. The number of nitrogens with zero attached hydrogens (tertiary/aromatic N) is 4.